The lowest BCUT2D eigenvalue weighted by Crippen LogP contribution is -2.44. The number of fused-ring (bicyclic) bond motifs is 2. The second kappa shape index (κ2) is 7.60. The molecule has 2 fully saturated rings. The summed E-state index contributed by atoms with van der Waals surface area (Å²) in [6, 6.07) is 11.5. The molecule has 1 amide bonds. The fraction of sp³-hybridized carbons (Fsp3) is 0.292. The zero-order valence-electron chi connectivity index (χ0n) is 18.0. The molecule has 8 nitrogen and oxygen atoms in total. The summed E-state index contributed by atoms with van der Waals surface area (Å²) in [6.45, 7) is 2.15. The van der Waals surface area contributed by atoms with Crippen LogP contribution in [0.5, 0.6) is 5.75 Å². The van der Waals surface area contributed by atoms with Gasteiger partial charge in [0.25, 0.3) is 0 Å². The van der Waals surface area contributed by atoms with Gasteiger partial charge in [0.1, 0.15) is 23.5 Å². The predicted molar refractivity (Wildman–Crippen MR) is 127 cm³/mol. The van der Waals surface area contributed by atoms with E-state index in [-0.39, 0.29) is 6.09 Å². The van der Waals surface area contributed by atoms with E-state index in [9.17, 15) is 4.79 Å². The highest BCUT2D eigenvalue weighted by Crippen LogP contribution is 2.41. The van der Waals surface area contributed by atoms with Gasteiger partial charge < -0.3 is 19.4 Å². The number of methoxy groups -OCH3 is 1. The molecule has 2 aromatic carbocycles. The maximum absolute atomic E-state index is 13.0. The van der Waals surface area contributed by atoms with Crippen LogP contribution < -0.4 is 15.0 Å². The van der Waals surface area contributed by atoms with Crippen molar-refractivity contribution in [3.63, 3.8) is 0 Å². The number of amides is 1. The van der Waals surface area contributed by atoms with Crippen LogP contribution in [0, 0.1) is 0 Å². The van der Waals surface area contributed by atoms with Crippen LogP contribution in [0.25, 0.3) is 27.6 Å². The van der Waals surface area contributed by atoms with Gasteiger partial charge in [-0.05, 0) is 37.4 Å². The first-order valence-electron chi connectivity index (χ1n) is 10.9. The minimum Gasteiger partial charge on any atom is -0.494 e. The van der Waals surface area contributed by atoms with E-state index in [1.54, 1.807) is 12.0 Å². The average molecular weight is 464 g/mol. The lowest BCUT2D eigenvalue weighted by atomic mass is 9.92. The lowest BCUT2D eigenvalue weighted by molar-refractivity contribution is 0.0316. The number of piperidine rings is 1. The molecular formula is C24H22ClN5O3. The van der Waals surface area contributed by atoms with Gasteiger partial charge in [-0.1, -0.05) is 17.7 Å². The Hall–Kier alpha value is -3.36. The summed E-state index contributed by atoms with van der Waals surface area (Å²) in [6.07, 6.45) is 4.69. The van der Waals surface area contributed by atoms with Crippen LogP contribution >= 0.6 is 11.6 Å². The molecule has 2 saturated heterocycles. The summed E-state index contributed by atoms with van der Waals surface area (Å²) in [7, 11) is 1.59. The molecule has 2 aromatic heterocycles. The normalized spacial score (nSPS) is 17.8. The van der Waals surface area contributed by atoms with Crippen molar-refractivity contribution in [2.45, 2.75) is 18.4 Å². The maximum atomic E-state index is 13.0. The molecule has 2 aliphatic heterocycles. The van der Waals surface area contributed by atoms with Crippen molar-refractivity contribution in [2.75, 3.05) is 31.6 Å². The Morgan fingerprint density at radius 1 is 1.15 bits per heavy atom. The van der Waals surface area contributed by atoms with Crippen LogP contribution in [-0.2, 0) is 4.74 Å². The van der Waals surface area contributed by atoms with E-state index < -0.39 is 5.60 Å². The zero-order chi connectivity index (χ0) is 22.6. The van der Waals surface area contributed by atoms with Crippen molar-refractivity contribution in [3.8, 4) is 11.6 Å². The summed E-state index contributed by atoms with van der Waals surface area (Å²) in [5.41, 5.74) is 1.84. The molecule has 168 valence electrons. The molecule has 4 aromatic rings. The van der Waals surface area contributed by atoms with Gasteiger partial charge >= 0.3 is 6.09 Å². The molecule has 0 bridgehead atoms. The molecule has 0 aliphatic carbocycles. The molecule has 9 heteroatoms. The predicted octanol–water partition coefficient (Wildman–Crippen LogP) is 4.31. The summed E-state index contributed by atoms with van der Waals surface area (Å²) in [4.78, 5) is 23.7. The number of nitrogens with one attached hydrogen (secondary N) is 1. The fourth-order valence-corrected chi connectivity index (χ4v) is 5.12. The molecule has 1 spiro atoms. The van der Waals surface area contributed by atoms with Crippen molar-refractivity contribution >= 4 is 45.2 Å². The van der Waals surface area contributed by atoms with E-state index in [0.29, 0.717) is 34.3 Å². The molecule has 6 rings (SSSR count). The molecule has 0 saturated carbocycles. The van der Waals surface area contributed by atoms with Crippen molar-refractivity contribution in [1.29, 1.82) is 0 Å². The average Bonchev–Trinajstić information content (AvgIpc) is 3.40. The summed E-state index contributed by atoms with van der Waals surface area (Å²) < 4.78 is 13.5. The molecular weight excluding hydrogens is 442 g/mol. The number of nitrogens with zero attached hydrogens (tertiary/aromatic N) is 4. The number of benzene rings is 2. The van der Waals surface area contributed by atoms with E-state index >= 15 is 0 Å². The van der Waals surface area contributed by atoms with Gasteiger partial charge in [-0.25, -0.2) is 14.8 Å². The van der Waals surface area contributed by atoms with Gasteiger partial charge in [0.15, 0.2) is 0 Å². The SMILES string of the molecule is COc1cc2ncnc(-n3ccc4c(Cl)cccc43)c2cc1N1CC2(CCNCC2)OC1=O. The Kier molecular flexibility index (Phi) is 4.67. The molecule has 0 unspecified atom stereocenters. The third-order valence-corrected chi connectivity index (χ3v) is 6.93. The Labute approximate surface area is 195 Å². The fourth-order valence-electron chi connectivity index (χ4n) is 4.89. The topological polar surface area (TPSA) is 81.5 Å². The first kappa shape index (κ1) is 20.3. The summed E-state index contributed by atoms with van der Waals surface area (Å²) >= 11 is 6.39. The Balaban J connectivity index is 1.51. The molecule has 1 N–H and O–H groups in total. The number of aromatic nitrogens is 3. The van der Waals surface area contributed by atoms with Gasteiger partial charge in [-0.15, -0.1) is 0 Å². The van der Waals surface area contributed by atoms with Crippen molar-refractivity contribution in [3.05, 3.63) is 53.9 Å². The second-order valence-electron chi connectivity index (χ2n) is 8.48. The van der Waals surface area contributed by atoms with Crippen LogP contribution in [0.4, 0.5) is 10.5 Å². The molecule has 0 radical (unpaired) electrons. The maximum Gasteiger partial charge on any atom is 0.415 e. The van der Waals surface area contributed by atoms with E-state index in [4.69, 9.17) is 21.1 Å². The Bertz CT molecular complexity index is 1400. The minimum atomic E-state index is -0.467. The van der Waals surface area contributed by atoms with E-state index in [2.05, 4.69) is 15.3 Å². The molecule has 2 aliphatic rings. The highest BCUT2D eigenvalue weighted by Gasteiger charge is 2.47. The van der Waals surface area contributed by atoms with E-state index in [1.807, 2.05) is 47.2 Å². The molecule has 33 heavy (non-hydrogen) atoms. The quantitative estimate of drug-likeness (QED) is 0.487. The third-order valence-electron chi connectivity index (χ3n) is 6.60. The van der Waals surface area contributed by atoms with Gasteiger partial charge in [-0.2, -0.15) is 0 Å². The van der Waals surface area contributed by atoms with Crippen LogP contribution in [0.2, 0.25) is 5.02 Å². The number of halogens is 1. The highest BCUT2D eigenvalue weighted by molar-refractivity contribution is 6.35. The van der Waals surface area contributed by atoms with Crippen LogP contribution in [-0.4, -0.2) is 53.0 Å². The van der Waals surface area contributed by atoms with Gasteiger partial charge in [0.05, 0.1) is 30.4 Å². The smallest absolute Gasteiger partial charge is 0.415 e. The largest absolute Gasteiger partial charge is 0.494 e. The number of rotatable bonds is 3. The van der Waals surface area contributed by atoms with Gasteiger partial charge in [0, 0.05) is 40.9 Å². The second-order valence-corrected chi connectivity index (χ2v) is 8.89. The van der Waals surface area contributed by atoms with Crippen LogP contribution in [0.3, 0.4) is 0 Å². The number of carbonyl (C=O) groups excluding carboxylic acids is 1. The summed E-state index contributed by atoms with van der Waals surface area (Å²) in [5, 5.41) is 5.75. The highest BCUT2D eigenvalue weighted by atomic mass is 35.5. The minimum absolute atomic E-state index is 0.355. The number of hydrogen-bond acceptors (Lipinski definition) is 6. The van der Waals surface area contributed by atoms with Gasteiger partial charge in [-0.3, -0.25) is 4.90 Å². The van der Waals surface area contributed by atoms with E-state index in [1.165, 1.54) is 6.33 Å². The number of anilines is 1. The number of hydrogen-bond donors (Lipinski definition) is 1. The Morgan fingerprint density at radius 3 is 2.82 bits per heavy atom. The van der Waals surface area contributed by atoms with Crippen molar-refractivity contribution < 1.29 is 14.3 Å². The first-order chi connectivity index (χ1) is 16.1. The Morgan fingerprint density at radius 2 is 2.00 bits per heavy atom. The van der Waals surface area contributed by atoms with Crippen LogP contribution in [0.1, 0.15) is 12.8 Å². The van der Waals surface area contributed by atoms with E-state index in [0.717, 1.165) is 42.2 Å². The monoisotopic (exact) mass is 463 g/mol. The molecule has 0 atom stereocenters. The third kappa shape index (κ3) is 3.20. The lowest BCUT2D eigenvalue weighted by Gasteiger charge is -2.31. The van der Waals surface area contributed by atoms with Crippen molar-refractivity contribution in [2.24, 2.45) is 0 Å². The van der Waals surface area contributed by atoms with Crippen LogP contribution in [0.15, 0.2) is 48.9 Å². The van der Waals surface area contributed by atoms with Gasteiger partial charge in [0.2, 0.25) is 0 Å². The van der Waals surface area contributed by atoms with Crippen molar-refractivity contribution in [1.82, 2.24) is 19.9 Å². The number of carbonyl (C=O) groups is 1. The standard InChI is InChI=1S/C24H22ClN5O3/c1-32-21-12-18-16(11-20(21)30-13-24(33-23(30)31)6-8-26-9-7-24)22(28-14-27-18)29-10-5-15-17(25)3-2-4-19(15)29/h2-5,10-12,14,26H,6-9,13H2,1H3. The zero-order valence-corrected chi connectivity index (χ0v) is 18.8. The summed E-state index contributed by atoms with van der Waals surface area (Å²) in [5.74, 6) is 1.26. The first-order valence-corrected chi connectivity index (χ1v) is 11.3. The number of ether oxygens (including phenoxy) is 2. The molecule has 4 heterocycles.